The first-order chi connectivity index (χ1) is 18.8. The van der Waals surface area contributed by atoms with E-state index in [1.807, 2.05) is 32.2 Å². The monoisotopic (exact) mass is 602 g/mol. The van der Waals surface area contributed by atoms with E-state index < -0.39 is 25.8 Å². The van der Waals surface area contributed by atoms with Gasteiger partial charge in [0, 0.05) is 11.3 Å². The molecule has 2 heterocycles. The van der Waals surface area contributed by atoms with Gasteiger partial charge in [-0.2, -0.15) is 0 Å². The van der Waals surface area contributed by atoms with Crippen molar-refractivity contribution in [3.63, 3.8) is 0 Å². The molecule has 1 aliphatic rings. The molecule has 0 bridgehead atoms. The second-order valence-electron chi connectivity index (χ2n) is 14.0. The lowest BCUT2D eigenvalue weighted by molar-refractivity contribution is -0.142. The zero-order chi connectivity index (χ0) is 31.3. The van der Waals surface area contributed by atoms with Gasteiger partial charge in [0.1, 0.15) is 5.78 Å². The van der Waals surface area contributed by atoms with Crippen LogP contribution in [0.1, 0.15) is 92.3 Å². The second kappa shape index (κ2) is 14.1. The molecular weight excluding hydrogens is 549 g/mol. The number of Topliss-reactive ketones (excluding diaryl/α,β-unsaturated/α-hetero) is 1. The lowest BCUT2D eigenvalue weighted by Gasteiger charge is -2.43. The van der Waals surface area contributed by atoms with Gasteiger partial charge in [0.05, 0.1) is 40.8 Å². The molecule has 5 atom stereocenters. The number of carbonyl (C=O) groups excluding carboxylic acids is 2. The molecule has 0 unspecified atom stereocenters. The second-order valence-corrected chi connectivity index (χ2v) is 19.8. The zero-order valence-corrected chi connectivity index (χ0v) is 29.2. The molecule has 0 aromatic carbocycles. The molecule has 1 aromatic heterocycles. The van der Waals surface area contributed by atoms with Gasteiger partial charge >= 0.3 is 0 Å². The number of allylic oxidation sites excluding steroid dienone is 2. The highest BCUT2D eigenvalue weighted by atomic mass is 32.1. The maximum absolute atomic E-state index is 14.0. The van der Waals surface area contributed by atoms with Crippen LogP contribution in [0.25, 0.3) is 6.08 Å². The molecule has 6 nitrogen and oxygen atoms in total. The number of ketones is 1. The predicted molar refractivity (Wildman–Crippen MR) is 174 cm³/mol. The number of nitrogens with zero attached hydrogens (tertiary/aromatic N) is 1. The Morgan fingerprint density at radius 2 is 1.85 bits per heavy atom. The van der Waals surface area contributed by atoms with Gasteiger partial charge in [-0.15, -0.1) is 11.3 Å². The van der Waals surface area contributed by atoms with Crippen molar-refractivity contribution in [3.8, 4) is 0 Å². The van der Waals surface area contributed by atoms with E-state index in [-0.39, 0.29) is 41.2 Å². The maximum atomic E-state index is 14.0. The van der Waals surface area contributed by atoms with Gasteiger partial charge in [-0.05, 0) is 69.3 Å². The Morgan fingerprint density at radius 3 is 2.41 bits per heavy atom. The van der Waals surface area contributed by atoms with Gasteiger partial charge in [-0.3, -0.25) is 9.59 Å². The number of hydrogen-bond donors (Lipinski definition) is 2. The van der Waals surface area contributed by atoms with Gasteiger partial charge < -0.3 is 14.8 Å². The first-order valence-corrected chi connectivity index (χ1v) is 18.7. The number of aliphatic hydroxyl groups excluding tert-OH is 1. The smallest absolute Gasteiger partial charge is 0.223 e. The first kappa shape index (κ1) is 35.3. The van der Waals surface area contributed by atoms with E-state index in [0.29, 0.717) is 6.42 Å². The largest absolute Gasteiger partial charge is 0.413 e. The Bertz CT molecular complexity index is 1160. The van der Waals surface area contributed by atoms with E-state index in [4.69, 9.17) is 4.43 Å². The fourth-order valence-electron chi connectivity index (χ4n) is 4.89. The van der Waals surface area contributed by atoms with Crippen LogP contribution in [-0.2, 0) is 14.0 Å². The van der Waals surface area contributed by atoms with Crippen LogP contribution < -0.4 is 5.32 Å². The Morgan fingerprint density at radius 1 is 1.22 bits per heavy atom. The third-order valence-corrected chi connectivity index (χ3v) is 14.3. The molecule has 1 aromatic rings. The fourth-order valence-corrected chi connectivity index (χ4v) is 6.91. The number of carbonyl (C=O) groups is 2. The van der Waals surface area contributed by atoms with Gasteiger partial charge in [0.15, 0.2) is 8.32 Å². The van der Waals surface area contributed by atoms with Crippen LogP contribution >= 0.6 is 11.3 Å². The normalized spacial score (nSPS) is 27.9. The Balaban J connectivity index is 2.48. The Hall–Kier alpha value is -1.87. The summed E-state index contributed by atoms with van der Waals surface area (Å²) in [6.45, 7) is 24.6. The van der Waals surface area contributed by atoms with Crippen molar-refractivity contribution < 1.29 is 19.1 Å². The van der Waals surface area contributed by atoms with Crippen LogP contribution in [0.15, 0.2) is 34.8 Å². The van der Waals surface area contributed by atoms with Crippen molar-refractivity contribution in [1.29, 1.82) is 0 Å². The number of rotatable bonds is 4. The van der Waals surface area contributed by atoms with Crippen molar-refractivity contribution in [2.45, 2.75) is 125 Å². The van der Waals surface area contributed by atoms with Gasteiger partial charge in [0.25, 0.3) is 0 Å². The summed E-state index contributed by atoms with van der Waals surface area (Å²) in [5.41, 5.74) is 1.94. The molecule has 230 valence electrons. The van der Waals surface area contributed by atoms with E-state index in [0.717, 1.165) is 22.7 Å². The van der Waals surface area contributed by atoms with Crippen molar-refractivity contribution in [3.05, 3.63) is 45.5 Å². The molecule has 0 fully saturated rings. The molecule has 0 saturated carbocycles. The van der Waals surface area contributed by atoms with Gasteiger partial charge in [-0.1, -0.05) is 72.3 Å². The van der Waals surface area contributed by atoms with Crippen molar-refractivity contribution in [1.82, 2.24) is 10.3 Å². The Kier molecular flexibility index (Phi) is 12.1. The summed E-state index contributed by atoms with van der Waals surface area (Å²) >= 11 is 1.59. The van der Waals surface area contributed by atoms with E-state index in [1.165, 1.54) is 5.57 Å². The van der Waals surface area contributed by atoms with Crippen LogP contribution in [-0.4, -0.2) is 48.3 Å². The Labute approximate surface area is 253 Å². The lowest BCUT2D eigenvalue weighted by atomic mass is 9.73. The minimum absolute atomic E-state index is 0.000448. The third kappa shape index (κ3) is 9.57. The molecule has 1 aliphatic heterocycles. The third-order valence-electron chi connectivity index (χ3n) is 8.99. The minimum Gasteiger partial charge on any atom is -0.413 e. The molecule has 0 spiro atoms. The highest BCUT2D eigenvalue weighted by Gasteiger charge is 2.46. The molecule has 0 radical (unpaired) electrons. The summed E-state index contributed by atoms with van der Waals surface area (Å²) in [7, 11) is -2.20. The zero-order valence-electron chi connectivity index (χ0n) is 27.4. The number of aliphatic hydroxyl groups is 1. The number of aromatic nitrogens is 1. The summed E-state index contributed by atoms with van der Waals surface area (Å²) in [6.07, 6.45) is 8.29. The molecule has 1 amide bonds. The summed E-state index contributed by atoms with van der Waals surface area (Å²) in [6, 6.07) is -0.248. The molecule has 0 aliphatic carbocycles. The summed E-state index contributed by atoms with van der Waals surface area (Å²) in [5.74, 6) is -0.824. The number of thiazole rings is 1. The van der Waals surface area contributed by atoms with Crippen molar-refractivity contribution in [2.24, 2.45) is 17.3 Å². The summed E-state index contributed by atoms with van der Waals surface area (Å²) in [4.78, 5) is 31.8. The van der Waals surface area contributed by atoms with Crippen molar-refractivity contribution in [2.75, 3.05) is 0 Å². The number of aryl methyl sites for hydroxylation is 1. The average Bonchev–Trinajstić information content (AvgIpc) is 3.26. The minimum atomic E-state index is -2.20. The first-order valence-electron chi connectivity index (χ1n) is 14.9. The molecule has 0 saturated heterocycles. The maximum Gasteiger partial charge on any atom is 0.223 e. The van der Waals surface area contributed by atoms with Crippen LogP contribution in [0, 0.1) is 24.2 Å². The highest BCUT2D eigenvalue weighted by molar-refractivity contribution is 7.09. The van der Waals surface area contributed by atoms with E-state index in [2.05, 4.69) is 76.2 Å². The van der Waals surface area contributed by atoms with Crippen molar-refractivity contribution >= 4 is 37.4 Å². The molecule has 2 N–H and O–H groups in total. The van der Waals surface area contributed by atoms with E-state index in [1.54, 1.807) is 25.2 Å². The van der Waals surface area contributed by atoms with Gasteiger partial charge in [0.2, 0.25) is 5.91 Å². The average molecular weight is 603 g/mol. The van der Waals surface area contributed by atoms with Crippen LogP contribution in [0.3, 0.4) is 0 Å². The fraction of sp³-hybridized carbons (Fsp3) is 0.667. The quantitative estimate of drug-likeness (QED) is 0.273. The topological polar surface area (TPSA) is 88.5 Å². The number of amides is 1. The van der Waals surface area contributed by atoms with Crippen LogP contribution in [0.5, 0.6) is 0 Å². The molecule has 2 rings (SSSR count). The summed E-state index contributed by atoms with van der Waals surface area (Å²) in [5, 5.41) is 17.4. The number of hydrogen-bond acceptors (Lipinski definition) is 6. The van der Waals surface area contributed by atoms with Crippen LogP contribution in [0.2, 0.25) is 18.1 Å². The highest BCUT2D eigenvalue weighted by Crippen LogP contribution is 2.41. The molecule has 41 heavy (non-hydrogen) atoms. The standard InChI is InChI=1S/C33H54N2O4SSi/c1-21-14-13-15-22(2)30(39-41(11,12)32(6,7)8)24(4)31(38)33(9,10)28(36)19-29(37)35-27(17-16-21)23(3)18-26-20-40-25(5)34-26/h13,15-16,18,20,22,24,27-28,30,36H,14,17,19H2,1-12H3,(H,35,37)/t22-,24+,27-,28-,30-/m0/s1. The van der Waals surface area contributed by atoms with Crippen LogP contribution in [0.4, 0.5) is 0 Å². The number of nitrogens with one attached hydrogen (secondary N) is 1. The molecular formula is C33H54N2O4SSi. The van der Waals surface area contributed by atoms with E-state index >= 15 is 0 Å². The van der Waals surface area contributed by atoms with Gasteiger partial charge in [-0.25, -0.2) is 4.98 Å². The predicted octanol–water partition coefficient (Wildman–Crippen LogP) is 7.64. The molecule has 8 heteroatoms. The van der Waals surface area contributed by atoms with E-state index in [9.17, 15) is 14.7 Å². The SMILES string of the molecule is CC1=CC[C@@H](C(C)=Cc2csc(C)n2)NC(=O)C[C@H](O)C(C)(C)C(=O)[C@H](C)[C@@H](O[Si](C)(C)C(C)(C)C)[C@@H](C)C=CC1. The summed E-state index contributed by atoms with van der Waals surface area (Å²) < 4.78 is 6.89. The lowest BCUT2D eigenvalue weighted by Crippen LogP contribution is -2.51.